The summed E-state index contributed by atoms with van der Waals surface area (Å²) in [4.78, 5) is 27.8. The molecule has 1 fully saturated rings. The number of carbonyl (C=O) groups is 1. The lowest BCUT2D eigenvalue weighted by Gasteiger charge is -2.42. The van der Waals surface area contributed by atoms with Gasteiger partial charge >= 0.3 is 0 Å². The molecule has 0 spiro atoms. The Kier molecular flexibility index (Phi) is 10.2. The molecule has 1 amide bonds. The first-order chi connectivity index (χ1) is 20.2. The maximum atomic E-state index is 13.0. The van der Waals surface area contributed by atoms with Gasteiger partial charge in [0, 0.05) is 19.8 Å². The number of amides is 1. The van der Waals surface area contributed by atoms with E-state index in [1.807, 2.05) is 25.1 Å². The topological polar surface area (TPSA) is 118 Å². The van der Waals surface area contributed by atoms with Crippen molar-refractivity contribution in [2.45, 2.75) is 89.9 Å². The highest BCUT2D eigenvalue weighted by molar-refractivity contribution is 7.88. The van der Waals surface area contributed by atoms with Crippen LogP contribution in [-0.2, 0) is 36.3 Å². The maximum Gasteiger partial charge on any atom is 0.254 e. The van der Waals surface area contributed by atoms with E-state index in [0.29, 0.717) is 59.0 Å². The van der Waals surface area contributed by atoms with Crippen molar-refractivity contribution in [2.75, 3.05) is 32.2 Å². The summed E-state index contributed by atoms with van der Waals surface area (Å²) in [5, 5.41) is 0. The lowest BCUT2D eigenvalue weighted by Crippen LogP contribution is -2.49. The average Bonchev–Trinajstić information content (AvgIpc) is 3.34. The molecule has 4 rings (SSSR count). The summed E-state index contributed by atoms with van der Waals surface area (Å²) in [7, 11) is -2.58. The third kappa shape index (κ3) is 6.88. The summed E-state index contributed by atoms with van der Waals surface area (Å²) in [6.07, 6.45) is 0.677. The number of H-pyrrole nitrogens is 1. The van der Waals surface area contributed by atoms with E-state index in [-0.39, 0.29) is 24.3 Å². The standard InChI is InChI=1S/C31H47N5O5SSi/c1-10-25-17-40-18-31(37)36(25)30-14-23(19-42(38,39)35(8)9)13-28(34-30)27-12-11-26-29(33-27)15-24(32-26)16-41-43(20(2)3,21(4)5)22(6)7/h11-15,20-22,25,32H,10,16-19H2,1-9H3/t25-/m0/s1. The fourth-order valence-electron chi connectivity index (χ4n) is 6.48. The number of nitrogens with one attached hydrogen (secondary N) is 1. The van der Waals surface area contributed by atoms with Crippen LogP contribution < -0.4 is 4.90 Å². The van der Waals surface area contributed by atoms with Crippen molar-refractivity contribution >= 4 is 41.1 Å². The van der Waals surface area contributed by atoms with E-state index in [2.05, 4.69) is 46.5 Å². The quantitative estimate of drug-likeness (QED) is 0.250. The van der Waals surface area contributed by atoms with Gasteiger partial charge < -0.3 is 14.1 Å². The maximum absolute atomic E-state index is 13.0. The molecule has 1 aliphatic heterocycles. The van der Waals surface area contributed by atoms with Gasteiger partial charge in [-0.1, -0.05) is 48.5 Å². The number of pyridine rings is 2. The normalized spacial score (nSPS) is 16.9. The number of morpholine rings is 1. The summed E-state index contributed by atoms with van der Waals surface area (Å²) in [6, 6.07) is 9.08. The number of anilines is 1. The first kappa shape index (κ1) is 33.3. The van der Waals surface area contributed by atoms with E-state index in [4.69, 9.17) is 19.1 Å². The first-order valence-electron chi connectivity index (χ1n) is 15.1. The molecule has 1 aliphatic rings. The molecular formula is C31H47N5O5SSi. The molecule has 12 heteroatoms. The zero-order valence-corrected chi connectivity index (χ0v) is 28.8. The molecule has 0 radical (unpaired) electrons. The van der Waals surface area contributed by atoms with Gasteiger partial charge in [-0.25, -0.2) is 22.7 Å². The molecule has 4 heterocycles. The Morgan fingerprint density at radius 3 is 2.33 bits per heavy atom. The Morgan fingerprint density at radius 2 is 1.72 bits per heavy atom. The molecule has 3 aromatic heterocycles. The van der Waals surface area contributed by atoms with Crippen molar-refractivity contribution in [3.8, 4) is 11.4 Å². The number of aromatic nitrogens is 3. The van der Waals surface area contributed by atoms with E-state index in [1.165, 1.54) is 18.4 Å². The minimum absolute atomic E-state index is 0.0410. The predicted octanol–water partition coefficient (Wildman–Crippen LogP) is 5.85. The van der Waals surface area contributed by atoms with Gasteiger partial charge in [0.1, 0.15) is 12.4 Å². The summed E-state index contributed by atoms with van der Waals surface area (Å²) >= 11 is 0. The van der Waals surface area contributed by atoms with Crippen LogP contribution in [0.4, 0.5) is 5.82 Å². The van der Waals surface area contributed by atoms with Crippen LogP contribution in [0.5, 0.6) is 0 Å². The average molecular weight is 630 g/mol. The van der Waals surface area contributed by atoms with E-state index >= 15 is 0 Å². The van der Waals surface area contributed by atoms with E-state index in [0.717, 1.165) is 16.7 Å². The molecular weight excluding hydrogens is 583 g/mol. The molecule has 0 aromatic carbocycles. The number of nitrogens with zero attached hydrogens (tertiary/aromatic N) is 4. The summed E-state index contributed by atoms with van der Waals surface area (Å²) in [5.41, 5.74) is 5.69. The Hall–Kier alpha value is -2.64. The summed E-state index contributed by atoms with van der Waals surface area (Å²) < 4.78 is 39.1. The van der Waals surface area contributed by atoms with Crippen molar-refractivity contribution in [3.05, 3.63) is 41.6 Å². The highest BCUT2D eigenvalue weighted by Gasteiger charge is 2.45. The third-order valence-electron chi connectivity index (χ3n) is 8.64. The zero-order chi connectivity index (χ0) is 31.7. The molecule has 0 unspecified atom stereocenters. The first-order valence-corrected chi connectivity index (χ1v) is 18.9. The molecule has 1 saturated heterocycles. The fraction of sp³-hybridized carbons (Fsp3) is 0.581. The molecule has 3 aromatic rings. The molecule has 0 saturated carbocycles. The smallest absolute Gasteiger partial charge is 0.254 e. The van der Waals surface area contributed by atoms with Gasteiger partial charge in [0.15, 0.2) is 0 Å². The number of hydrogen-bond acceptors (Lipinski definition) is 7. The van der Waals surface area contributed by atoms with E-state index < -0.39 is 18.3 Å². The van der Waals surface area contributed by atoms with Crippen LogP contribution in [0.2, 0.25) is 16.6 Å². The van der Waals surface area contributed by atoms with Crippen molar-refractivity contribution < 1.29 is 22.4 Å². The van der Waals surface area contributed by atoms with E-state index in [1.54, 1.807) is 17.0 Å². The minimum atomic E-state index is -3.56. The summed E-state index contributed by atoms with van der Waals surface area (Å²) in [5.74, 6) is -0.0190. The number of hydrogen-bond donors (Lipinski definition) is 1. The second-order valence-electron chi connectivity index (χ2n) is 12.6. The Morgan fingerprint density at radius 1 is 1.05 bits per heavy atom. The second-order valence-corrected chi connectivity index (χ2v) is 20.3. The number of aromatic amines is 1. The van der Waals surface area contributed by atoms with Gasteiger partial charge in [-0.3, -0.25) is 9.69 Å². The number of ether oxygens (including phenoxy) is 1. The SMILES string of the molecule is CC[C@H]1COCC(=O)N1c1cc(CS(=O)(=O)N(C)C)cc(-c2ccc3[nH]c(CO[Si](C(C)C)(C(C)C)C(C)C)cc3n2)n1. The van der Waals surface area contributed by atoms with Gasteiger partial charge in [-0.15, -0.1) is 0 Å². The summed E-state index contributed by atoms with van der Waals surface area (Å²) in [6.45, 7) is 16.5. The van der Waals surface area contributed by atoms with Crippen molar-refractivity contribution in [2.24, 2.45) is 0 Å². The van der Waals surface area contributed by atoms with Crippen LogP contribution in [0.15, 0.2) is 30.3 Å². The van der Waals surface area contributed by atoms with Crippen LogP contribution in [0.3, 0.4) is 0 Å². The number of carbonyl (C=O) groups excluding carboxylic acids is 1. The highest BCUT2D eigenvalue weighted by Crippen LogP contribution is 2.42. The zero-order valence-electron chi connectivity index (χ0n) is 27.0. The predicted molar refractivity (Wildman–Crippen MR) is 174 cm³/mol. The molecule has 0 bridgehead atoms. The van der Waals surface area contributed by atoms with Crippen LogP contribution in [0.25, 0.3) is 22.4 Å². The molecule has 0 aliphatic carbocycles. The van der Waals surface area contributed by atoms with Gasteiger partial charge in [0.2, 0.25) is 18.3 Å². The van der Waals surface area contributed by atoms with Gasteiger partial charge in [-0.2, -0.15) is 0 Å². The third-order valence-corrected chi connectivity index (χ3v) is 16.5. The van der Waals surface area contributed by atoms with Gasteiger partial charge in [0.25, 0.3) is 5.91 Å². The molecule has 43 heavy (non-hydrogen) atoms. The molecule has 236 valence electrons. The number of sulfonamides is 1. The van der Waals surface area contributed by atoms with Crippen LogP contribution in [0, 0.1) is 0 Å². The Labute approximate surface area is 257 Å². The molecule has 1 N–H and O–H groups in total. The minimum Gasteiger partial charge on any atom is -0.410 e. The highest BCUT2D eigenvalue weighted by atomic mass is 32.2. The largest absolute Gasteiger partial charge is 0.410 e. The van der Waals surface area contributed by atoms with Crippen LogP contribution in [-0.4, -0.2) is 75.3 Å². The van der Waals surface area contributed by atoms with Crippen molar-refractivity contribution in [1.29, 1.82) is 0 Å². The number of rotatable bonds is 12. The van der Waals surface area contributed by atoms with Crippen molar-refractivity contribution in [1.82, 2.24) is 19.3 Å². The van der Waals surface area contributed by atoms with Gasteiger partial charge in [0.05, 0.1) is 47.4 Å². The van der Waals surface area contributed by atoms with Crippen molar-refractivity contribution in [3.63, 3.8) is 0 Å². The monoisotopic (exact) mass is 629 g/mol. The van der Waals surface area contributed by atoms with E-state index in [9.17, 15) is 13.2 Å². The van der Waals surface area contributed by atoms with Crippen LogP contribution >= 0.6 is 0 Å². The van der Waals surface area contributed by atoms with Crippen LogP contribution in [0.1, 0.15) is 66.1 Å². The molecule has 1 atom stereocenters. The molecule has 10 nitrogen and oxygen atoms in total. The lowest BCUT2D eigenvalue weighted by atomic mass is 10.1. The Bertz CT molecular complexity index is 1530. The van der Waals surface area contributed by atoms with Gasteiger partial charge in [-0.05, 0) is 58.9 Å². The second kappa shape index (κ2) is 13.2. The fourth-order valence-corrected chi connectivity index (χ4v) is 12.7. The number of fused-ring (bicyclic) bond motifs is 1. The lowest BCUT2D eigenvalue weighted by molar-refractivity contribution is -0.127. The Balaban J connectivity index is 1.73.